The third-order valence-electron chi connectivity index (χ3n) is 5.97. The van der Waals surface area contributed by atoms with Crippen LogP contribution in [-0.4, -0.2) is 42.6 Å². The molecule has 29 heavy (non-hydrogen) atoms. The van der Waals surface area contributed by atoms with Crippen LogP contribution in [0.2, 0.25) is 25.7 Å². The SMILES string of the molecule is Cc1cnc(-c2ccc(B3OC(C)(C)C(C)(C)O3)cc2)n1COCC[Si](C)(C)C. The van der Waals surface area contributed by atoms with Gasteiger partial charge in [-0.05, 0) is 46.1 Å². The van der Waals surface area contributed by atoms with Crippen molar-refractivity contribution >= 4 is 20.7 Å². The van der Waals surface area contributed by atoms with Crippen LogP contribution in [0.4, 0.5) is 0 Å². The maximum Gasteiger partial charge on any atom is 0.494 e. The van der Waals surface area contributed by atoms with Gasteiger partial charge in [-0.1, -0.05) is 43.9 Å². The normalized spacial score (nSPS) is 18.4. The number of rotatable bonds is 7. The molecule has 2 aromatic rings. The molecule has 1 aliphatic rings. The molecule has 0 unspecified atom stereocenters. The van der Waals surface area contributed by atoms with Gasteiger partial charge in [0.2, 0.25) is 0 Å². The van der Waals surface area contributed by atoms with Gasteiger partial charge in [-0.3, -0.25) is 0 Å². The summed E-state index contributed by atoms with van der Waals surface area (Å²) in [5.41, 5.74) is 2.51. The lowest BCUT2D eigenvalue weighted by Crippen LogP contribution is -2.41. The molecule has 158 valence electrons. The topological polar surface area (TPSA) is 45.5 Å². The second-order valence-electron chi connectivity index (χ2n) is 10.2. The minimum absolute atomic E-state index is 0.336. The average molecular weight is 414 g/mol. The smallest absolute Gasteiger partial charge is 0.399 e. The zero-order chi connectivity index (χ0) is 21.4. The third kappa shape index (κ3) is 5.02. The van der Waals surface area contributed by atoms with E-state index in [0.717, 1.165) is 29.2 Å². The summed E-state index contributed by atoms with van der Waals surface area (Å²) in [7, 11) is -1.43. The van der Waals surface area contributed by atoms with E-state index in [1.807, 2.05) is 6.20 Å². The highest BCUT2D eigenvalue weighted by atomic mass is 28.3. The van der Waals surface area contributed by atoms with Gasteiger partial charge in [-0.25, -0.2) is 4.98 Å². The number of aryl methyl sites for hydroxylation is 1. The van der Waals surface area contributed by atoms with E-state index in [1.54, 1.807) is 0 Å². The molecule has 0 atom stereocenters. The van der Waals surface area contributed by atoms with Crippen LogP contribution in [0.1, 0.15) is 33.4 Å². The van der Waals surface area contributed by atoms with E-state index in [-0.39, 0.29) is 18.3 Å². The first-order chi connectivity index (χ1) is 13.4. The number of imidazole rings is 1. The Hall–Kier alpha value is -1.41. The number of aromatic nitrogens is 2. The average Bonchev–Trinajstić information content (AvgIpc) is 3.07. The van der Waals surface area contributed by atoms with Crippen molar-refractivity contribution in [3.63, 3.8) is 0 Å². The van der Waals surface area contributed by atoms with Crippen molar-refractivity contribution in [3.8, 4) is 11.4 Å². The van der Waals surface area contributed by atoms with Gasteiger partial charge >= 0.3 is 7.12 Å². The fourth-order valence-electron chi connectivity index (χ4n) is 3.16. The Kier molecular flexibility index (Phi) is 6.16. The Morgan fingerprint density at radius 2 is 1.62 bits per heavy atom. The molecule has 5 nitrogen and oxygen atoms in total. The van der Waals surface area contributed by atoms with E-state index >= 15 is 0 Å². The molecule has 0 radical (unpaired) electrons. The molecule has 2 heterocycles. The lowest BCUT2D eigenvalue weighted by atomic mass is 9.79. The molecule has 1 saturated heterocycles. The Labute approximate surface area is 176 Å². The van der Waals surface area contributed by atoms with Crippen molar-refractivity contribution in [3.05, 3.63) is 36.2 Å². The number of benzene rings is 1. The quantitative estimate of drug-likeness (QED) is 0.495. The van der Waals surface area contributed by atoms with Gasteiger partial charge < -0.3 is 18.6 Å². The monoisotopic (exact) mass is 414 g/mol. The van der Waals surface area contributed by atoms with E-state index in [9.17, 15) is 0 Å². The molecular weight excluding hydrogens is 379 g/mol. The first kappa shape index (κ1) is 22.3. The van der Waals surface area contributed by atoms with E-state index in [2.05, 4.69) is 88.1 Å². The van der Waals surface area contributed by atoms with Gasteiger partial charge in [0.05, 0.1) is 11.2 Å². The molecule has 7 heteroatoms. The summed E-state index contributed by atoms with van der Waals surface area (Å²) in [4.78, 5) is 4.62. The largest absolute Gasteiger partial charge is 0.494 e. The van der Waals surface area contributed by atoms with Gasteiger partial charge in [0, 0.05) is 32.1 Å². The van der Waals surface area contributed by atoms with E-state index < -0.39 is 8.07 Å². The molecular formula is C22H35BN2O3Si. The van der Waals surface area contributed by atoms with Crippen LogP contribution in [0.25, 0.3) is 11.4 Å². The summed E-state index contributed by atoms with van der Waals surface area (Å²) >= 11 is 0. The first-order valence-electron chi connectivity index (χ1n) is 10.5. The number of hydrogen-bond acceptors (Lipinski definition) is 4. The second-order valence-corrected chi connectivity index (χ2v) is 15.8. The summed E-state index contributed by atoms with van der Waals surface area (Å²) in [6.07, 6.45) is 1.90. The highest BCUT2D eigenvalue weighted by Gasteiger charge is 2.51. The summed E-state index contributed by atoms with van der Waals surface area (Å²) in [5.74, 6) is 0.927. The zero-order valence-electron chi connectivity index (χ0n) is 19.2. The molecule has 0 saturated carbocycles. The van der Waals surface area contributed by atoms with Gasteiger partial charge in [0.25, 0.3) is 0 Å². The van der Waals surface area contributed by atoms with Crippen LogP contribution in [0.3, 0.4) is 0 Å². The molecule has 0 spiro atoms. The summed E-state index contributed by atoms with van der Waals surface area (Å²) in [6, 6.07) is 9.47. The number of nitrogens with zero attached hydrogens (tertiary/aromatic N) is 2. The van der Waals surface area contributed by atoms with Crippen LogP contribution < -0.4 is 5.46 Å². The summed E-state index contributed by atoms with van der Waals surface area (Å²) in [5, 5.41) is 0. The molecule has 1 aromatic heterocycles. The van der Waals surface area contributed by atoms with Crippen LogP contribution in [0, 0.1) is 6.92 Å². The lowest BCUT2D eigenvalue weighted by molar-refractivity contribution is 0.00578. The van der Waals surface area contributed by atoms with Crippen LogP contribution in [0.15, 0.2) is 30.5 Å². The van der Waals surface area contributed by atoms with Crippen molar-refractivity contribution in [1.82, 2.24) is 9.55 Å². The van der Waals surface area contributed by atoms with Crippen LogP contribution >= 0.6 is 0 Å². The van der Waals surface area contributed by atoms with Gasteiger partial charge in [0.15, 0.2) is 0 Å². The molecule has 1 aromatic carbocycles. The molecule has 1 aliphatic heterocycles. The highest BCUT2D eigenvalue weighted by Crippen LogP contribution is 2.36. The molecule has 1 fully saturated rings. The van der Waals surface area contributed by atoms with Gasteiger partial charge in [0.1, 0.15) is 12.6 Å². The van der Waals surface area contributed by atoms with Crippen molar-refractivity contribution in [2.45, 2.75) is 78.2 Å². The van der Waals surface area contributed by atoms with Crippen LogP contribution in [0.5, 0.6) is 0 Å². The maximum absolute atomic E-state index is 6.16. The maximum atomic E-state index is 6.16. The van der Waals surface area contributed by atoms with Crippen molar-refractivity contribution in [2.24, 2.45) is 0 Å². The second kappa shape index (κ2) is 8.02. The van der Waals surface area contributed by atoms with E-state index in [4.69, 9.17) is 14.0 Å². The third-order valence-corrected chi connectivity index (χ3v) is 7.67. The lowest BCUT2D eigenvalue weighted by Gasteiger charge is -2.32. The standard InChI is InChI=1S/C22H35BN2O3Si/c1-17-15-24-20(25(17)16-26-13-14-29(6,7)8)18-9-11-19(12-10-18)23-27-21(2,3)22(4,5)28-23/h9-12,15H,13-14,16H2,1-8H3. The minimum Gasteiger partial charge on any atom is -0.399 e. The predicted octanol–water partition coefficient (Wildman–Crippen LogP) is 4.47. The van der Waals surface area contributed by atoms with E-state index in [1.165, 1.54) is 6.04 Å². The first-order valence-corrected chi connectivity index (χ1v) is 14.2. The fraction of sp³-hybridized carbons (Fsp3) is 0.591. The summed E-state index contributed by atoms with van der Waals surface area (Å²) < 4.78 is 20.4. The molecule has 0 bridgehead atoms. The zero-order valence-corrected chi connectivity index (χ0v) is 20.2. The highest BCUT2D eigenvalue weighted by molar-refractivity contribution is 6.76. The van der Waals surface area contributed by atoms with Crippen molar-refractivity contribution in [1.29, 1.82) is 0 Å². The predicted molar refractivity (Wildman–Crippen MR) is 122 cm³/mol. The Morgan fingerprint density at radius 1 is 1.03 bits per heavy atom. The Morgan fingerprint density at radius 3 is 2.17 bits per heavy atom. The molecule has 0 amide bonds. The van der Waals surface area contributed by atoms with E-state index in [0.29, 0.717) is 6.73 Å². The molecule has 0 N–H and O–H groups in total. The minimum atomic E-state index is -1.08. The Balaban J connectivity index is 1.71. The number of ether oxygens (including phenoxy) is 1. The van der Waals surface area contributed by atoms with Gasteiger partial charge in [-0.2, -0.15) is 0 Å². The Bertz CT molecular complexity index is 825. The molecule has 3 rings (SSSR count). The van der Waals surface area contributed by atoms with Crippen molar-refractivity contribution in [2.75, 3.05) is 6.61 Å². The van der Waals surface area contributed by atoms with Crippen molar-refractivity contribution < 1.29 is 14.0 Å². The number of hydrogen-bond donors (Lipinski definition) is 0. The van der Waals surface area contributed by atoms with Crippen LogP contribution in [-0.2, 0) is 20.8 Å². The molecule has 0 aliphatic carbocycles. The van der Waals surface area contributed by atoms with Gasteiger partial charge in [-0.15, -0.1) is 0 Å². The fourth-order valence-corrected chi connectivity index (χ4v) is 3.91. The summed E-state index contributed by atoms with van der Waals surface area (Å²) in [6.45, 7) is 18.8.